The molecule has 0 amide bonds. The van der Waals surface area contributed by atoms with Crippen molar-refractivity contribution in [1.82, 2.24) is 19.9 Å². The first-order chi connectivity index (χ1) is 20.0. The Morgan fingerprint density at radius 3 is 2.20 bits per heavy atom. The van der Waals surface area contributed by atoms with Crippen molar-refractivity contribution >= 4 is 10.8 Å². The summed E-state index contributed by atoms with van der Waals surface area (Å²) in [5, 5.41) is 11.9. The number of pyridine rings is 1. The van der Waals surface area contributed by atoms with E-state index in [2.05, 4.69) is 68.2 Å². The van der Waals surface area contributed by atoms with Gasteiger partial charge in [0.05, 0.1) is 11.6 Å². The van der Waals surface area contributed by atoms with Gasteiger partial charge in [-0.25, -0.2) is 15.0 Å². The number of aromatic nitrogens is 4. The van der Waals surface area contributed by atoms with Gasteiger partial charge in [-0.3, -0.25) is 4.98 Å². The van der Waals surface area contributed by atoms with Gasteiger partial charge >= 0.3 is 0 Å². The molecule has 0 spiro atoms. The number of nitrogens with zero attached hydrogens (tertiary/aromatic N) is 5. The van der Waals surface area contributed by atoms with Crippen LogP contribution in [-0.2, 0) is 5.41 Å². The highest BCUT2D eigenvalue weighted by Gasteiger charge is 2.37. The number of hydrogen-bond donors (Lipinski definition) is 0. The van der Waals surface area contributed by atoms with Crippen LogP contribution < -0.4 is 0 Å². The van der Waals surface area contributed by atoms with Crippen LogP contribution in [0, 0.1) is 23.2 Å². The van der Waals surface area contributed by atoms with Crippen molar-refractivity contribution in [3.05, 3.63) is 96.2 Å². The Balaban J connectivity index is 1.57. The molecule has 1 aliphatic carbocycles. The van der Waals surface area contributed by atoms with Gasteiger partial charge in [-0.05, 0) is 77.1 Å². The maximum Gasteiger partial charge on any atom is 0.182 e. The van der Waals surface area contributed by atoms with Crippen molar-refractivity contribution in [3.8, 4) is 40.4 Å². The van der Waals surface area contributed by atoms with E-state index in [1.165, 1.54) is 36.6 Å². The van der Waals surface area contributed by atoms with Gasteiger partial charge in [-0.2, -0.15) is 5.26 Å². The largest absolute Gasteiger partial charge is 0.253 e. The minimum Gasteiger partial charge on any atom is -0.253 e. The van der Waals surface area contributed by atoms with Crippen molar-refractivity contribution < 1.29 is 0 Å². The Morgan fingerprint density at radius 1 is 0.780 bits per heavy atom. The fraction of sp³-hybridized carbons (Fsp3) is 0.306. The summed E-state index contributed by atoms with van der Waals surface area (Å²) in [7, 11) is 0. The smallest absolute Gasteiger partial charge is 0.182 e. The Kier molecular flexibility index (Phi) is 7.32. The molecule has 204 valence electrons. The van der Waals surface area contributed by atoms with Crippen LogP contribution in [0.15, 0.2) is 85.1 Å². The van der Waals surface area contributed by atoms with Crippen molar-refractivity contribution in [1.29, 1.82) is 5.26 Å². The lowest BCUT2D eigenvalue weighted by molar-refractivity contribution is 0.297. The minimum atomic E-state index is 0.147. The molecule has 2 heterocycles. The molecular formula is C36H35N5. The van der Waals surface area contributed by atoms with E-state index >= 15 is 0 Å². The molecule has 1 fully saturated rings. The fourth-order valence-corrected chi connectivity index (χ4v) is 6.81. The summed E-state index contributed by atoms with van der Waals surface area (Å²) in [4.78, 5) is 19.3. The Bertz CT molecular complexity index is 1720. The third kappa shape index (κ3) is 5.23. The summed E-state index contributed by atoms with van der Waals surface area (Å²) >= 11 is 0. The second-order valence-corrected chi connectivity index (χ2v) is 11.7. The molecule has 0 aliphatic heterocycles. The van der Waals surface area contributed by atoms with E-state index in [9.17, 15) is 5.26 Å². The molecule has 5 aromatic rings. The Labute approximate surface area is 242 Å². The average molecular weight is 538 g/mol. The van der Waals surface area contributed by atoms with Crippen LogP contribution in [0.25, 0.3) is 45.1 Å². The van der Waals surface area contributed by atoms with Crippen molar-refractivity contribution in [2.75, 3.05) is 0 Å². The predicted octanol–water partition coefficient (Wildman–Crippen LogP) is 8.79. The second kappa shape index (κ2) is 11.2. The Hall–Kier alpha value is -4.43. The van der Waals surface area contributed by atoms with Gasteiger partial charge in [0, 0.05) is 17.3 Å². The number of hydrogen-bond acceptors (Lipinski definition) is 5. The van der Waals surface area contributed by atoms with Gasteiger partial charge in [0.2, 0.25) is 0 Å². The van der Waals surface area contributed by atoms with E-state index in [0.717, 1.165) is 22.9 Å². The maximum absolute atomic E-state index is 9.50. The van der Waals surface area contributed by atoms with Gasteiger partial charge in [-0.15, -0.1) is 0 Å². The van der Waals surface area contributed by atoms with E-state index in [1.54, 1.807) is 12.3 Å². The summed E-state index contributed by atoms with van der Waals surface area (Å²) in [6.45, 7) is 7.21. The van der Waals surface area contributed by atoms with Crippen LogP contribution in [-0.4, -0.2) is 19.9 Å². The summed E-state index contributed by atoms with van der Waals surface area (Å²) < 4.78 is 0. The number of benzene rings is 3. The molecule has 0 radical (unpaired) electrons. The number of rotatable bonds is 5. The zero-order chi connectivity index (χ0) is 28.4. The first-order valence-corrected chi connectivity index (χ1v) is 14.7. The van der Waals surface area contributed by atoms with Crippen molar-refractivity contribution in [2.24, 2.45) is 11.8 Å². The van der Waals surface area contributed by atoms with Crippen molar-refractivity contribution in [2.45, 2.75) is 58.3 Å². The average Bonchev–Trinajstić information content (AvgIpc) is 3.18. The minimum absolute atomic E-state index is 0.147. The lowest BCUT2D eigenvalue weighted by Gasteiger charge is -2.37. The monoisotopic (exact) mass is 537 g/mol. The van der Waals surface area contributed by atoms with Crippen LogP contribution in [0.4, 0.5) is 0 Å². The van der Waals surface area contributed by atoms with Crippen LogP contribution in [0.3, 0.4) is 0 Å². The zero-order valence-electron chi connectivity index (χ0n) is 24.0. The highest BCUT2D eigenvalue weighted by atomic mass is 15.0. The molecule has 0 bridgehead atoms. The molecule has 6 rings (SSSR count). The third-order valence-corrected chi connectivity index (χ3v) is 8.82. The first-order valence-electron chi connectivity index (χ1n) is 14.7. The van der Waals surface area contributed by atoms with Gasteiger partial charge in [0.25, 0.3) is 0 Å². The van der Waals surface area contributed by atoms with Gasteiger partial charge < -0.3 is 0 Å². The van der Waals surface area contributed by atoms with Crippen molar-refractivity contribution in [3.63, 3.8) is 0 Å². The molecule has 1 aliphatic rings. The first kappa shape index (κ1) is 26.8. The lowest BCUT2D eigenvalue weighted by Crippen LogP contribution is -2.28. The standard InChI is InChI=1S/C36H35N5/c1-4-36(21-24(2)15-16-25(3)22-36)31-18-17-30(28-12-5-6-13-29(28)31)34-39-33(27-11-9-10-26(20-27)23-37)40-35(41-34)32-14-7-8-19-38-32/h5-14,17-20,24-25H,4,15-16,21-22H2,1-3H3/t24-,25+,36?. The molecule has 5 nitrogen and oxygen atoms in total. The van der Waals surface area contributed by atoms with Gasteiger partial charge in [0.1, 0.15) is 5.69 Å². The quantitative estimate of drug-likeness (QED) is 0.209. The van der Waals surface area contributed by atoms with Crippen LogP contribution in [0.1, 0.15) is 64.0 Å². The summed E-state index contributed by atoms with van der Waals surface area (Å²) in [5.74, 6) is 3.05. The van der Waals surface area contributed by atoms with Gasteiger partial charge in [-0.1, -0.05) is 88.2 Å². The molecule has 5 heteroatoms. The summed E-state index contributed by atoms with van der Waals surface area (Å²) in [6.07, 6.45) is 7.90. The van der Waals surface area contributed by atoms with Gasteiger partial charge in [0.15, 0.2) is 17.5 Å². The molecule has 0 saturated heterocycles. The molecule has 41 heavy (non-hydrogen) atoms. The molecular weight excluding hydrogens is 502 g/mol. The molecule has 1 unspecified atom stereocenters. The third-order valence-electron chi connectivity index (χ3n) is 8.82. The molecule has 0 N–H and O–H groups in total. The maximum atomic E-state index is 9.50. The molecule has 3 atom stereocenters. The van der Waals surface area contributed by atoms with E-state index in [1.807, 2.05) is 36.4 Å². The highest BCUT2D eigenvalue weighted by molar-refractivity contribution is 5.98. The van der Waals surface area contributed by atoms with Crippen LogP contribution >= 0.6 is 0 Å². The number of nitriles is 1. The highest BCUT2D eigenvalue weighted by Crippen LogP contribution is 2.48. The molecule has 1 saturated carbocycles. The topological polar surface area (TPSA) is 75.3 Å². The molecule has 2 aromatic heterocycles. The number of fused-ring (bicyclic) bond motifs is 1. The zero-order valence-corrected chi connectivity index (χ0v) is 24.0. The van der Waals surface area contributed by atoms with Crippen LogP contribution in [0.5, 0.6) is 0 Å². The normalized spacial score (nSPS) is 20.8. The fourth-order valence-electron chi connectivity index (χ4n) is 6.81. The predicted molar refractivity (Wildman–Crippen MR) is 165 cm³/mol. The lowest BCUT2D eigenvalue weighted by atomic mass is 9.67. The molecule has 3 aromatic carbocycles. The van der Waals surface area contributed by atoms with E-state index < -0.39 is 0 Å². The SMILES string of the molecule is CCC1(c2ccc(-c3nc(-c4cccc(C#N)c4)nc(-c4ccccn4)n3)c3ccccc23)C[C@H](C)CC[C@H](C)C1. The van der Waals surface area contributed by atoms with E-state index in [0.29, 0.717) is 40.6 Å². The summed E-state index contributed by atoms with van der Waals surface area (Å²) in [5.41, 5.74) is 4.59. The Morgan fingerprint density at radius 2 is 1.49 bits per heavy atom. The van der Waals surface area contributed by atoms with E-state index in [4.69, 9.17) is 15.0 Å². The van der Waals surface area contributed by atoms with Crippen LogP contribution in [0.2, 0.25) is 0 Å². The second-order valence-electron chi connectivity index (χ2n) is 11.7. The summed E-state index contributed by atoms with van der Waals surface area (Å²) in [6, 6.07) is 28.6. The van der Waals surface area contributed by atoms with E-state index in [-0.39, 0.29) is 5.41 Å².